The fourth-order valence-electron chi connectivity index (χ4n) is 3.85. The maximum Gasteiger partial charge on any atom is 0.271 e. The minimum atomic E-state index is -0.475. The molecule has 8 heteroatoms. The van der Waals surface area contributed by atoms with Gasteiger partial charge in [0.2, 0.25) is 0 Å². The number of para-hydroxylation sites is 1. The van der Waals surface area contributed by atoms with E-state index in [9.17, 15) is 14.9 Å². The number of carbonyl (C=O) groups excluding carboxylic acids is 1. The number of rotatable bonds is 5. The summed E-state index contributed by atoms with van der Waals surface area (Å²) < 4.78 is 0. The average molecular weight is 443 g/mol. The van der Waals surface area contributed by atoms with Gasteiger partial charge in [0, 0.05) is 29.9 Å². The Balaban J connectivity index is 1.47. The molecular formula is C24H18N4O3S. The summed E-state index contributed by atoms with van der Waals surface area (Å²) in [6.07, 6.45) is 0.519. The Labute approximate surface area is 188 Å². The van der Waals surface area contributed by atoms with Crippen molar-refractivity contribution in [2.24, 2.45) is 9.98 Å². The lowest BCUT2D eigenvalue weighted by Gasteiger charge is -2.31. The number of carbonyl (C=O) groups is 1. The topological polar surface area (TPSA) is 88.2 Å². The standard InChI is InChI=1S/C24H18N4O3S/c29-23-21(14-16-7-2-1-3-8-16)27-22(26-23)19-11-4-5-12-20(19)25-24(27)32-15-17-9-6-10-18(13-17)28(30)31/h1-13,21H,14-15H2. The van der Waals surface area contributed by atoms with Crippen LogP contribution in [0.1, 0.15) is 16.7 Å². The number of amidine groups is 2. The zero-order valence-electron chi connectivity index (χ0n) is 16.9. The van der Waals surface area contributed by atoms with Crippen LogP contribution in [0.4, 0.5) is 11.4 Å². The molecule has 3 aromatic rings. The van der Waals surface area contributed by atoms with Crippen LogP contribution in [0.5, 0.6) is 0 Å². The summed E-state index contributed by atoms with van der Waals surface area (Å²) in [5, 5.41) is 11.8. The smallest absolute Gasteiger partial charge is 0.271 e. The van der Waals surface area contributed by atoms with Crippen molar-refractivity contribution in [1.82, 2.24) is 4.90 Å². The molecule has 7 nitrogen and oxygen atoms in total. The minimum Gasteiger partial charge on any atom is -0.292 e. The highest BCUT2D eigenvalue weighted by Gasteiger charge is 2.41. The van der Waals surface area contributed by atoms with E-state index < -0.39 is 11.0 Å². The first kappa shape index (κ1) is 20.1. The lowest BCUT2D eigenvalue weighted by Crippen LogP contribution is -2.44. The van der Waals surface area contributed by atoms with Crippen LogP contribution in [0.2, 0.25) is 0 Å². The van der Waals surface area contributed by atoms with Crippen LogP contribution in [-0.2, 0) is 17.0 Å². The second-order valence-electron chi connectivity index (χ2n) is 7.48. The largest absolute Gasteiger partial charge is 0.292 e. The molecule has 5 rings (SSSR count). The molecule has 32 heavy (non-hydrogen) atoms. The summed E-state index contributed by atoms with van der Waals surface area (Å²) in [4.78, 5) is 34.8. The van der Waals surface area contributed by atoms with E-state index in [0.717, 1.165) is 22.4 Å². The van der Waals surface area contributed by atoms with E-state index in [4.69, 9.17) is 4.99 Å². The summed E-state index contributed by atoms with van der Waals surface area (Å²) in [6, 6.07) is 23.6. The molecule has 2 aliphatic rings. The van der Waals surface area contributed by atoms with Gasteiger partial charge >= 0.3 is 0 Å². The molecule has 1 atom stereocenters. The Morgan fingerprint density at radius 1 is 0.938 bits per heavy atom. The van der Waals surface area contributed by atoms with Crippen LogP contribution in [0.3, 0.4) is 0 Å². The van der Waals surface area contributed by atoms with Gasteiger partial charge in [0.1, 0.15) is 11.9 Å². The van der Waals surface area contributed by atoms with Gasteiger partial charge in [-0.2, -0.15) is 4.99 Å². The second-order valence-corrected chi connectivity index (χ2v) is 8.42. The molecule has 0 aliphatic carbocycles. The van der Waals surface area contributed by atoms with Crippen molar-refractivity contribution < 1.29 is 9.72 Å². The molecule has 0 spiro atoms. The van der Waals surface area contributed by atoms with Crippen LogP contribution in [0, 0.1) is 10.1 Å². The average Bonchev–Trinajstić information content (AvgIpc) is 3.14. The number of hydrogen-bond donors (Lipinski definition) is 0. The monoisotopic (exact) mass is 442 g/mol. The number of fused-ring (bicyclic) bond motifs is 3. The van der Waals surface area contributed by atoms with E-state index in [0.29, 0.717) is 23.2 Å². The molecule has 0 N–H and O–H groups in total. The fourth-order valence-corrected chi connectivity index (χ4v) is 4.84. The lowest BCUT2D eigenvalue weighted by atomic mass is 10.0. The summed E-state index contributed by atoms with van der Waals surface area (Å²) >= 11 is 1.45. The first-order valence-electron chi connectivity index (χ1n) is 10.1. The second kappa shape index (κ2) is 8.39. The van der Waals surface area contributed by atoms with Gasteiger partial charge in [-0.15, -0.1) is 0 Å². The molecule has 0 saturated heterocycles. The van der Waals surface area contributed by atoms with Crippen molar-refractivity contribution in [2.75, 3.05) is 0 Å². The summed E-state index contributed by atoms with van der Waals surface area (Å²) in [7, 11) is 0. The van der Waals surface area contributed by atoms with E-state index in [-0.39, 0.29) is 11.6 Å². The van der Waals surface area contributed by atoms with E-state index in [1.54, 1.807) is 12.1 Å². The third-order valence-electron chi connectivity index (χ3n) is 5.37. The Morgan fingerprint density at radius 2 is 1.69 bits per heavy atom. The third kappa shape index (κ3) is 3.80. The fraction of sp³-hybridized carbons (Fsp3) is 0.125. The molecule has 0 aromatic heterocycles. The first-order valence-corrected chi connectivity index (χ1v) is 11.1. The summed E-state index contributed by atoms with van der Waals surface area (Å²) in [5.41, 5.74) is 3.51. The molecule has 3 aromatic carbocycles. The van der Waals surface area contributed by atoms with E-state index in [1.807, 2.05) is 65.6 Å². The van der Waals surface area contributed by atoms with Crippen molar-refractivity contribution in [2.45, 2.75) is 18.2 Å². The number of nitrogens with zero attached hydrogens (tertiary/aromatic N) is 4. The van der Waals surface area contributed by atoms with Gasteiger partial charge in [-0.1, -0.05) is 66.4 Å². The van der Waals surface area contributed by atoms with Crippen molar-refractivity contribution in [1.29, 1.82) is 0 Å². The van der Waals surface area contributed by atoms with Gasteiger partial charge in [-0.25, -0.2) is 4.99 Å². The normalized spacial score (nSPS) is 16.8. The predicted octanol–water partition coefficient (Wildman–Crippen LogP) is 4.73. The van der Waals surface area contributed by atoms with E-state index in [2.05, 4.69) is 4.99 Å². The Morgan fingerprint density at radius 3 is 2.50 bits per heavy atom. The van der Waals surface area contributed by atoms with Crippen LogP contribution >= 0.6 is 11.8 Å². The molecule has 1 unspecified atom stereocenters. The molecule has 158 valence electrons. The van der Waals surface area contributed by atoms with Crippen LogP contribution in [0.25, 0.3) is 0 Å². The first-order chi connectivity index (χ1) is 15.6. The highest BCUT2D eigenvalue weighted by molar-refractivity contribution is 8.13. The van der Waals surface area contributed by atoms with Crippen LogP contribution in [0.15, 0.2) is 88.8 Å². The number of hydrogen-bond acceptors (Lipinski definition) is 6. The molecule has 0 radical (unpaired) electrons. The van der Waals surface area contributed by atoms with Gasteiger partial charge in [0.25, 0.3) is 11.6 Å². The van der Waals surface area contributed by atoms with Gasteiger partial charge in [0.05, 0.1) is 10.6 Å². The maximum absolute atomic E-state index is 12.9. The zero-order valence-corrected chi connectivity index (χ0v) is 17.7. The molecule has 2 aliphatic heterocycles. The van der Waals surface area contributed by atoms with Crippen LogP contribution < -0.4 is 0 Å². The Kier molecular flexibility index (Phi) is 5.28. The molecule has 2 heterocycles. The maximum atomic E-state index is 12.9. The summed E-state index contributed by atoms with van der Waals surface area (Å²) in [5.74, 6) is 0.908. The minimum absolute atomic E-state index is 0.0552. The van der Waals surface area contributed by atoms with Gasteiger partial charge in [-0.3, -0.25) is 19.8 Å². The lowest BCUT2D eigenvalue weighted by molar-refractivity contribution is -0.384. The quantitative estimate of drug-likeness (QED) is 0.421. The predicted molar refractivity (Wildman–Crippen MR) is 125 cm³/mol. The van der Waals surface area contributed by atoms with Crippen molar-refractivity contribution in [3.05, 3.63) is 106 Å². The number of benzene rings is 3. The number of non-ortho nitro benzene ring substituents is 1. The SMILES string of the molecule is O=C1N=C2c3ccccc3N=C(SCc3cccc([N+](=O)[O-])c3)N2C1Cc1ccccc1. The molecule has 1 amide bonds. The molecular weight excluding hydrogens is 424 g/mol. The van der Waals surface area contributed by atoms with Crippen molar-refractivity contribution in [3.8, 4) is 0 Å². The zero-order chi connectivity index (χ0) is 22.1. The van der Waals surface area contributed by atoms with Crippen molar-refractivity contribution >= 4 is 40.0 Å². The third-order valence-corrected chi connectivity index (χ3v) is 6.39. The molecule has 0 bridgehead atoms. The number of aliphatic imine (C=N–C) groups is 2. The van der Waals surface area contributed by atoms with Crippen molar-refractivity contribution in [3.63, 3.8) is 0 Å². The summed E-state index contributed by atoms with van der Waals surface area (Å²) in [6.45, 7) is 0. The molecule has 0 saturated carbocycles. The van der Waals surface area contributed by atoms with Gasteiger partial charge in [0.15, 0.2) is 5.17 Å². The highest BCUT2D eigenvalue weighted by Crippen LogP contribution is 2.36. The van der Waals surface area contributed by atoms with Gasteiger partial charge in [-0.05, 0) is 23.3 Å². The van der Waals surface area contributed by atoms with Crippen LogP contribution in [-0.4, -0.2) is 32.8 Å². The van der Waals surface area contributed by atoms with E-state index >= 15 is 0 Å². The number of nitro benzene ring substituents is 1. The van der Waals surface area contributed by atoms with Gasteiger partial charge < -0.3 is 0 Å². The highest BCUT2D eigenvalue weighted by atomic mass is 32.2. The number of nitro groups is 1. The number of thioether (sulfide) groups is 1. The van der Waals surface area contributed by atoms with E-state index in [1.165, 1.54) is 17.8 Å². The Bertz CT molecular complexity index is 1270. The molecule has 0 fully saturated rings. The number of amides is 1. The Hall–Kier alpha value is -3.78.